The minimum absolute atomic E-state index is 0. The smallest absolute Gasteiger partial charge is 0.247 e. The Labute approximate surface area is 140 Å². The summed E-state index contributed by atoms with van der Waals surface area (Å²) >= 11 is 0. The fraction of sp³-hybridized carbons (Fsp3) is 0.875. The first kappa shape index (κ1) is 19.2. The molecule has 0 spiro atoms. The molecule has 1 atom stereocenters. The lowest BCUT2D eigenvalue weighted by Gasteiger charge is -2.45. The zero-order chi connectivity index (χ0) is 15.6. The van der Waals surface area contributed by atoms with E-state index in [4.69, 9.17) is 0 Å². The van der Waals surface area contributed by atoms with Crippen molar-refractivity contribution in [1.82, 2.24) is 15.1 Å². The van der Waals surface area contributed by atoms with Gasteiger partial charge in [-0.15, -0.1) is 12.4 Å². The van der Waals surface area contributed by atoms with E-state index >= 15 is 0 Å². The van der Waals surface area contributed by atoms with E-state index in [0.29, 0.717) is 31.3 Å². The number of hydrogen-bond acceptors (Lipinski definition) is 3. The molecule has 0 aromatic heterocycles. The first-order chi connectivity index (χ1) is 9.84. The van der Waals surface area contributed by atoms with Gasteiger partial charge in [-0.3, -0.25) is 9.59 Å². The molecule has 5 nitrogen and oxygen atoms in total. The number of nitrogens with zero attached hydrogens (tertiary/aromatic N) is 2. The number of halogens is 1. The molecular formula is C16H30ClN3O2. The Morgan fingerprint density at radius 2 is 1.91 bits per heavy atom. The van der Waals surface area contributed by atoms with Crippen LogP contribution in [-0.4, -0.2) is 60.4 Å². The molecule has 22 heavy (non-hydrogen) atoms. The van der Waals surface area contributed by atoms with E-state index in [1.165, 1.54) is 0 Å². The first-order valence-electron chi connectivity index (χ1n) is 8.10. The quantitative estimate of drug-likeness (QED) is 0.853. The predicted octanol–water partition coefficient (Wildman–Crippen LogP) is 1.51. The second-order valence-corrected chi connectivity index (χ2v) is 7.10. The number of carbonyl (C=O) groups is 2. The van der Waals surface area contributed by atoms with Crippen LogP contribution in [0, 0.1) is 11.8 Å². The molecule has 2 fully saturated rings. The number of likely N-dealkylation sites (N-methyl/N-ethyl adjacent to an activating group) is 1. The number of carbonyl (C=O) groups excluding carboxylic acids is 2. The van der Waals surface area contributed by atoms with Crippen LogP contribution in [0.3, 0.4) is 0 Å². The van der Waals surface area contributed by atoms with Crippen LogP contribution in [0.1, 0.15) is 40.0 Å². The lowest BCUT2D eigenvalue weighted by molar-refractivity contribution is -0.157. The predicted molar refractivity (Wildman–Crippen MR) is 90.1 cm³/mol. The van der Waals surface area contributed by atoms with Gasteiger partial charge in [0.05, 0.1) is 0 Å². The molecule has 2 aliphatic heterocycles. The number of nitrogens with one attached hydrogen (secondary N) is 1. The molecule has 2 heterocycles. The van der Waals surface area contributed by atoms with E-state index in [2.05, 4.69) is 12.2 Å². The Balaban J connectivity index is 0.00000242. The van der Waals surface area contributed by atoms with Gasteiger partial charge in [0.25, 0.3) is 0 Å². The van der Waals surface area contributed by atoms with Crippen molar-refractivity contribution in [2.45, 2.75) is 45.6 Å². The van der Waals surface area contributed by atoms with Crippen LogP contribution >= 0.6 is 12.4 Å². The fourth-order valence-corrected chi connectivity index (χ4v) is 3.62. The van der Waals surface area contributed by atoms with Gasteiger partial charge in [0, 0.05) is 26.6 Å². The molecule has 0 aromatic carbocycles. The molecule has 2 saturated heterocycles. The van der Waals surface area contributed by atoms with E-state index < -0.39 is 5.54 Å². The number of hydrogen-bond donors (Lipinski definition) is 1. The van der Waals surface area contributed by atoms with Crippen LogP contribution in [0.2, 0.25) is 0 Å². The zero-order valence-corrected chi connectivity index (χ0v) is 15.0. The van der Waals surface area contributed by atoms with Gasteiger partial charge in [0.2, 0.25) is 11.8 Å². The Kier molecular flexibility index (Phi) is 6.68. The van der Waals surface area contributed by atoms with Crippen LogP contribution in [0.4, 0.5) is 0 Å². The van der Waals surface area contributed by atoms with Crippen molar-refractivity contribution in [3.63, 3.8) is 0 Å². The third kappa shape index (κ3) is 3.93. The number of rotatable bonds is 3. The number of piperidine rings is 1. The van der Waals surface area contributed by atoms with Crippen LogP contribution in [0.25, 0.3) is 0 Å². The summed E-state index contributed by atoms with van der Waals surface area (Å²) in [4.78, 5) is 28.4. The van der Waals surface area contributed by atoms with Gasteiger partial charge in [-0.1, -0.05) is 6.92 Å². The molecule has 2 rings (SSSR count). The highest BCUT2D eigenvalue weighted by Crippen LogP contribution is 2.28. The number of piperazine rings is 1. The first-order valence-corrected chi connectivity index (χ1v) is 8.10. The molecule has 0 saturated carbocycles. The summed E-state index contributed by atoms with van der Waals surface area (Å²) in [6, 6.07) is 0. The van der Waals surface area contributed by atoms with E-state index in [1.54, 1.807) is 9.80 Å². The van der Waals surface area contributed by atoms with Crippen molar-refractivity contribution in [3.8, 4) is 0 Å². The summed E-state index contributed by atoms with van der Waals surface area (Å²) in [6.07, 6.45) is 2.87. The minimum atomic E-state index is -0.710. The molecule has 2 amide bonds. The Morgan fingerprint density at radius 1 is 1.32 bits per heavy atom. The maximum absolute atomic E-state index is 12.7. The molecule has 2 aliphatic rings. The maximum atomic E-state index is 12.7. The minimum Gasteiger partial charge on any atom is -0.342 e. The highest BCUT2D eigenvalue weighted by atomic mass is 35.5. The van der Waals surface area contributed by atoms with Crippen LogP contribution in [-0.2, 0) is 9.59 Å². The average molecular weight is 332 g/mol. The van der Waals surface area contributed by atoms with Gasteiger partial charge < -0.3 is 15.1 Å². The van der Waals surface area contributed by atoms with Crippen LogP contribution in [0.15, 0.2) is 0 Å². The third-order valence-electron chi connectivity index (χ3n) is 5.19. The summed E-state index contributed by atoms with van der Waals surface area (Å²) in [5.74, 6) is 1.19. The van der Waals surface area contributed by atoms with Gasteiger partial charge in [-0.25, -0.2) is 0 Å². The highest BCUT2D eigenvalue weighted by molar-refractivity contribution is 5.91. The van der Waals surface area contributed by atoms with Crippen molar-refractivity contribution < 1.29 is 9.59 Å². The summed E-state index contributed by atoms with van der Waals surface area (Å²) in [5.41, 5.74) is -0.710. The van der Waals surface area contributed by atoms with E-state index in [-0.39, 0.29) is 24.2 Å². The molecule has 1 N–H and O–H groups in total. The normalized spacial score (nSPS) is 23.9. The number of amides is 2. The van der Waals surface area contributed by atoms with Gasteiger partial charge in [-0.05, 0) is 51.6 Å². The largest absolute Gasteiger partial charge is 0.342 e. The van der Waals surface area contributed by atoms with Gasteiger partial charge in [0.1, 0.15) is 5.54 Å². The van der Waals surface area contributed by atoms with Gasteiger partial charge in [0.15, 0.2) is 0 Å². The van der Waals surface area contributed by atoms with Crippen molar-refractivity contribution in [1.29, 1.82) is 0 Å². The Hall–Kier alpha value is -0.810. The topological polar surface area (TPSA) is 52.7 Å². The Morgan fingerprint density at radius 3 is 2.50 bits per heavy atom. The van der Waals surface area contributed by atoms with E-state index in [0.717, 1.165) is 25.9 Å². The van der Waals surface area contributed by atoms with Crippen molar-refractivity contribution >= 4 is 24.2 Å². The maximum Gasteiger partial charge on any atom is 0.247 e. The van der Waals surface area contributed by atoms with Gasteiger partial charge in [-0.2, -0.15) is 0 Å². The van der Waals surface area contributed by atoms with Crippen molar-refractivity contribution in [2.24, 2.45) is 11.8 Å². The molecule has 6 heteroatoms. The van der Waals surface area contributed by atoms with Crippen molar-refractivity contribution in [2.75, 3.05) is 33.2 Å². The summed E-state index contributed by atoms with van der Waals surface area (Å²) in [5, 5.41) is 3.36. The summed E-state index contributed by atoms with van der Waals surface area (Å²) in [6.45, 7) is 9.29. The lowest BCUT2D eigenvalue weighted by atomic mass is 9.83. The second-order valence-electron chi connectivity index (χ2n) is 7.10. The summed E-state index contributed by atoms with van der Waals surface area (Å²) < 4.78 is 0. The third-order valence-corrected chi connectivity index (χ3v) is 5.19. The molecule has 0 radical (unpaired) electrons. The molecule has 1 unspecified atom stereocenters. The Bertz CT molecular complexity index is 408. The standard InChI is InChI=1S/C16H29N3O2.ClH/c1-12(13-5-7-17-8-6-13)11-14(20)19-10-9-18(4)15(21)16(19,2)3;/h12-13,17H,5-11H2,1-4H3;1H. The highest BCUT2D eigenvalue weighted by Gasteiger charge is 2.43. The van der Waals surface area contributed by atoms with Gasteiger partial charge >= 0.3 is 0 Å². The molecule has 0 aliphatic carbocycles. The SMILES string of the molecule is CC(CC(=O)N1CCN(C)C(=O)C1(C)C)C1CCNCC1.Cl. The molecular weight excluding hydrogens is 302 g/mol. The lowest BCUT2D eigenvalue weighted by Crippen LogP contribution is -2.63. The van der Waals surface area contributed by atoms with E-state index in [9.17, 15) is 9.59 Å². The molecule has 0 aromatic rings. The molecule has 128 valence electrons. The monoisotopic (exact) mass is 331 g/mol. The second kappa shape index (κ2) is 7.64. The average Bonchev–Trinajstić information content (AvgIpc) is 2.45. The zero-order valence-electron chi connectivity index (χ0n) is 14.2. The summed E-state index contributed by atoms with van der Waals surface area (Å²) in [7, 11) is 1.81. The van der Waals surface area contributed by atoms with Crippen LogP contribution in [0.5, 0.6) is 0 Å². The van der Waals surface area contributed by atoms with Crippen LogP contribution < -0.4 is 5.32 Å². The molecule has 0 bridgehead atoms. The van der Waals surface area contributed by atoms with Crippen molar-refractivity contribution in [3.05, 3.63) is 0 Å². The van der Waals surface area contributed by atoms with E-state index in [1.807, 2.05) is 20.9 Å². The fourth-order valence-electron chi connectivity index (χ4n) is 3.62.